The topological polar surface area (TPSA) is 91.8 Å². The van der Waals surface area contributed by atoms with Crippen LogP contribution >= 0.6 is 0 Å². The van der Waals surface area contributed by atoms with Gasteiger partial charge in [0.15, 0.2) is 0 Å². The SMILES string of the molecule is Cc1cccc(OC(F)F)c1NC(=O)N1CCN(S(=O)(=O)c2cccnc2)CC1. The Morgan fingerprint density at radius 1 is 1.17 bits per heavy atom. The van der Waals surface area contributed by atoms with Crippen LogP contribution in [0.1, 0.15) is 5.56 Å². The van der Waals surface area contributed by atoms with Crippen LogP contribution in [-0.2, 0) is 10.0 Å². The molecular weight excluding hydrogens is 406 g/mol. The number of hydrogen-bond donors (Lipinski definition) is 1. The lowest BCUT2D eigenvalue weighted by atomic mass is 10.2. The van der Waals surface area contributed by atoms with E-state index >= 15 is 0 Å². The molecule has 1 saturated heterocycles. The first-order valence-electron chi connectivity index (χ1n) is 8.79. The van der Waals surface area contributed by atoms with Gasteiger partial charge < -0.3 is 15.0 Å². The number of nitrogens with one attached hydrogen (secondary N) is 1. The molecule has 29 heavy (non-hydrogen) atoms. The van der Waals surface area contributed by atoms with Gasteiger partial charge in [0.1, 0.15) is 10.6 Å². The quantitative estimate of drug-likeness (QED) is 0.793. The molecule has 8 nitrogen and oxygen atoms in total. The summed E-state index contributed by atoms with van der Waals surface area (Å²) in [5.74, 6) is -0.133. The van der Waals surface area contributed by atoms with Crippen molar-refractivity contribution in [1.82, 2.24) is 14.2 Å². The molecule has 0 saturated carbocycles. The van der Waals surface area contributed by atoms with Gasteiger partial charge in [-0.25, -0.2) is 13.2 Å². The third-order valence-corrected chi connectivity index (χ3v) is 6.36. The van der Waals surface area contributed by atoms with Crippen LogP contribution in [-0.4, -0.2) is 61.4 Å². The van der Waals surface area contributed by atoms with E-state index in [0.29, 0.717) is 5.56 Å². The predicted molar refractivity (Wildman–Crippen MR) is 101 cm³/mol. The lowest BCUT2D eigenvalue weighted by Gasteiger charge is -2.34. The number of piperazine rings is 1. The summed E-state index contributed by atoms with van der Waals surface area (Å²) in [6.45, 7) is -0.831. The highest BCUT2D eigenvalue weighted by atomic mass is 32.2. The van der Waals surface area contributed by atoms with Crippen molar-refractivity contribution in [3.8, 4) is 5.75 Å². The van der Waals surface area contributed by atoms with Crippen molar-refractivity contribution in [2.24, 2.45) is 0 Å². The first kappa shape index (κ1) is 20.9. The van der Waals surface area contributed by atoms with Gasteiger partial charge >= 0.3 is 12.6 Å². The number of amides is 2. The Kier molecular flexibility index (Phi) is 6.28. The molecule has 0 atom stereocenters. The van der Waals surface area contributed by atoms with Crippen LogP contribution in [0.2, 0.25) is 0 Å². The van der Waals surface area contributed by atoms with Crippen molar-refractivity contribution in [1.29, 1.82) is 0 Å². The average molecular weight is 426 g/mol. The molecule has 2 amide bonds. The molecule has 1 N–H and O–H groups in total. The Morgan fingerprint density at radius 3 is 2.52 bits per heavy atom. The Balaban J connectivity index is 1.66. The van der Waals surface area contributed by atoms with E-state index in [1.165, 1.54) is 39.8 Å². The van der Waals surface area contributed by atoms with Gasteiger partial charge in [-0.1, -0.05) is 12.1 Å². The second-order valence-corrected chi connectivity index (χ2v) is 8.27. The van der Waals surface area contributed by atoms with E-state index in [1.807, 2.05) is 0 Å². The molecular formula is C18H20F2N4O4S. The number of alkyl halides is 2. The number of anilines is 1. The van der Waals surface area contributed by atoms with Crippen LogP contribution in [0.4, 0.5) is 19.3 Å². The molecule has 11 heteroatoms. The Labute approximate surface area is 167 Å². The van der Waals surface area contributed by atoms with Crippen molar-refractivity contribution < 1.29 is 26.7 Å². The minimum Gasteiger partial charge on any atom is -0.433 e. The fourth-order valence-corrected chi connectivity index (χ4v) is 4.35. The summed E-state index contributed by atoms with van der Waals surface area (Å²) in [7, 11) is -3.69. The zero-order valence-corrected chi connectivity index (χ0v) is 16.4. The first-order chi connectivity index (χ1) is 13.8. The number of pyridine rings is 1. The van der Waals surface area contributed by atoms with Crippen LogP contribution in [0.15, 0.2) is 47.6 Å². The number of carbonyl (C=O) groups excluding carboxylic acids is 1. The smallest absolute Gasteiger partial charge is 0.387 e. The van der Waals surface area contributed by atoms with Crippen molar-refractivity contribution in [3.63, 3.8) is 0 Å². The molecule has 0 spiro atoms. The fraction of sp³-hybridized carbons (Fsp3) is 0.333. The molecule has 2 aromatic rings. The number of para-hydroxylation sites is 1. The summed E-state index contributed by atoms with van der Waals surface area (Å²) >= 11 is 0. The fourth-order valence-electron chi connectivity index (χ4n) is 2.96. The Morgan fingerprint density at radius 2 is 1.90 bits per heavy atom. The number of benzene rings is 1. The number of aryl methyl sites for hydroxylation is 1. The molecule has 3 rings (SSSR count). The number of urea groups is 1. The minimum absolute atomic E-state index is 0.0894. The number of sulfonamides is 1. The number of ether oxygens (including phenoxy) is 1. The lowest BCUT2D eigenvalue weighted by molar-refractivity contribution is -0.0493. The zero-order chi connectivity index (χ0) is 21.0. The monoisotopic (exact) mass is 426 g/mol. The van der Waals surface area contributed by atoms with Gasteiger partial charge in [-0.15, -0.1) is 0 Å². The van der Waals surface area contributed by atoms with Gasteiger partial charge in [-0.3, -0.25) is 4.98 Å². The van der Waals surface area contributed by atoms with E-state index in [2.05, 4.69) is 15.0 Å². The van der Waals surface area contributed by atoms with E-state index in [-0.39, 0.29) is 42.5 Å². The summed E-state index contributed by atoms with van der Waals surface area (Å²) < 4.78 is 56.2. The molecule has 0 radical (unpaired) electrons. The number of hydrogen-bond acceptors (Lipinski definition) is 5. The third kappa shape index (κ3) is 4.80. The van der Waals surface area contributed by atoms with Gasteiger partial charge in [0.25, 0.3) is 0 Å². The maximum Gasteiger partial charge on any atom is 0.387 e. The van der Waals surface area contributed by atoms with Crippen LogP contribution in [0.25, 0.3) is 0 Å². The van der Waals surface area contributed by atoms with Gasteiger partial charge in [0.2, 0.25) is 10.0 Å². The van der Waals surface area contributed by atoms with Crippen molar-refractivity contribution in [2.45, 2.75) is 18.4 Å². The number of halogens is 2. The molecule has 2 heterocycles. The Hall–Kier alpha value is -2.79. The molecule has 0 unspecified atom stereocenters. The molecule has 0 aliphatic carbocycles. The van der Waals surface area contributed by atoms with Gasteiger partial charge in [0.05, 0.1) is 5.69 Å². The minimum atomic E-state index is -3.69. The molecule has 1 aromatic carbocycles. The highest BCUT2D eigenvalue weighted by Gasteiger charge is 2.30. The highest BCUT2D eigenvalue weighted by molar-refractivity contribution is 7.89. The van der Waals surface area contributed by atoms with E-state index in [4.69, 9.17) is 0 Å². The lowest BCUT2D eigenvalue weighted by Crippen LogP contribution is -2.51. The number of carbonyl (C=O) groups is 1. The van der Waals surface area contributed by atoms with Crippen LogP contribution in [0.5, 0.6) is 5.75 Å². The maximum absolute atomic E-state index is 12.6. The largest absolute Gasteiger partial charge is 0.433 e. The number of nitrogens with zero attached hydrogens (tertiary/aromatic N) is 3. The highest BCUT2D eigenvalue weighted by Crippen LogP contribution is 2.30. The number of aromatic nitrogens is 1. The third-order valence-electron chi connectivity index (χ3n) is 4.48. The van der Waals surface area contributed by atoms with Gasteiger partial charge in [-0.05, 0) is 30.7 Å². The second kappa shape index (κ2) is 8.70. The first-order valence-corrected chi connectivity index (χ1v) is 10.2. The summed E-state index contributed by atoms with van der Waals surface area (Å²) in [5.41, 5.74) is 0.720. The molecule has 1 aliphatic heterocycles. The van der Waals surface area contributed by atoms with Crippen molar-refractivity contribution >= 4 is 21.7 Å². The van der Waals surface area contributed by atoms with Gasteiger partial charge in [0, 0.05) is 38.6 Å². The molecule has 156 valence electrons. The summed E-state index contributed by atoms with van der Waals surface area (Å²) in [5, 5.41) is 2.59. The predicted octanol–water partition coefficient (Wildman–Crippen LogP) is 2.53. The number of rotatable bonds is 5. The summed E-state index contributed by atoms with van der Waals surface area (Å²) in [6.07, 6.45) is 2.76. The maximum atomic E-state index is 12.6. The van der Waals surface area contributed by atoms with Gasteiger partial charge in [-0.2, -0.15) is 13.1 Å². The average Bonchev–Trinajstić information content (AvgIpc) is 2.71. The molecule has 1 aromatic heterocycles. The summed E-state index contributed by atoms with van der Waals surface area (Å²) in [6, 6.07) is 7.03. The van der Waals surface area contributed by atoms with E-state index < -0.39 is 22.7 Å². The van der Waals surface area contributed by atoms with E-state index in [1.54, 1.807) is 19.1 Å². The zero-order valence-electron chi connectivity index (χ0n) is 15.6. The molecule has 1 aliphatic rings. The van der Waals surface area contributed by atoms with E-state index in [9.17, 15) is 22.0 Å². The standard InChI is InChI=1S/C18H20F2N4O4S/c1-13-4-2-6-15(28-17(19)20)16(13)22-18(25)23-8-10-24(11-9-23)29(26,27)14-5-3-7-21-12-14/h2-7,12,17H,8-11H2,1H3,(H,22,25). The van der Waals surface area contributed by atoms with Crippen molar-refractivity contribution in [3.05, 3.63) is 48.3 Å². The molecule has 1 fully saturated rings. The Bertz CT molecular complexity index is 965. The normalized spacial score (nSPS) is 15.4. The molecule has 0 bridgehead atoms. The van der Waals surface area contributed by atoms with Crippen LogP contribution < -0.4 is 10.1 Å². The summed E-state index contributed by atoms with van der Waals surface area (Å²) in [4.78, 5) is 17.9. The van der Waals surface area contributed by atoms with Crippen LogP contribution in [0, 0.1) is 6.92 Å². The van der Waals surface area contributed by atoms with Crippen LogP contribution in [0.3, 0.4) is 0 Å². The van der Waals surface area contributed by atoms with Crippen molar-refractivity contribution in [2.75, 3.05) is 31.5 Å². The van der Waals surface area contributed by atoms with E-state index in [0.717, 1.165) is 0 Å². The second-order valence-electron chi connectivity index (χ2n) is 6.34.